The molecule has 0 radical (unpaired) electrons. The minimum Gasteiger partial charge on any atom is -0.0622 e. The lowest BCUT2D eigenvalue weighted by Gasteiger charge is -2.34. The van der Waals surface area contributed by atoms with Gasteiger partial charge < -0.3 is 0 Å². The van der Waals surface area contributed by atoms with Crippen molar-refractivity contribution in [2.75, 3.05) is 0 Å². The van der Waals surface area contributed by atoms with Gasteiger partial charge >= 0.3 is 0 Å². The quantitative estimate of drug-likeness (QED) is 0.160. The van der Waals surface area contributed by atoms with Gasteiger partial charge in [-0.15, -0.1) is 0 Å². The topological polar surface area (TPSA) is 0 Å². The second-order valence-electron chi connectivity index (χ2n) is 15.3. The smallest absolute Gasteiger partial charge is 0.0622 e. The zero-order valence-corrected chi connectivity index (χ0v) is 31.4. The van der Waals surface area contributed by atoms with Gasteiger partial charge in [0.25, 0.3) is 0 Å². The average Bonchev–Trinajstić information content (AvgIpc) is 3.59. The maximum atomic E-state index is 2.45. The molecule has 0 saturated carbocycles. The average molecular weight is 723 g/mol. The Labute approximate surface area is 334 Å². The van der Waals surface area contributed by atoms with Crippen molar-refractivity contribution < 1.29 is 0 Å². The minimum atomic E-state index is -0.424. The molecule has 0 saturated heterocycles. The Morgan fingerprint density at radius 2 is 0.596 bits per heavy atom. The van der Waals surface area contributed by atoms with E-state index in [1.54, 1.807) is 0 Å². The Bertz CT molecular complexity index is 2960. The molecule has 0 nitrogen and oxygen atoms in total. The molecule has 57 heavy (non-hydrogen) atoms. The summed E-state index contributed by atoms with van der Waals surface area (Å²) < 4.78 is 0. The van der Waals surface area contributed by atoms with Gasteiger partial charge in [0.1, 0.15) is 0 Å². The molecular weight excluding hydrogens is 685 g/mol. The number of fused-ring (bicyclic) bond motifs is 5. The maximum absolute atomic E-state index is 2.45. The number of hydrogen-bond acceptors (Lipinski definition) is 0. The van der Waals surface area contributed by atoms with Crippen molar-refractivity contribution in [3.63, 3.8) is 0 Å². The summed E-state index contributed by atoms with van der Waals surface area (Å²) in [5, 5.41) is 5.00. The van der Waals surface area contributed by atoms with Crippen LogP contribution < -0.4 is 0 Å². The Morgan fingerprint density at radius 3 is 1.16 bits per heavy atom. The van der Waals surface area contributed by atoms with E-state index in [2.05, 4.69) is 231 Å². The lowest BCUT2D eigenvalue weighted by molar-refractivity contribution is 0.769. The van der Waals surface area contributed by atoms with Crippen LogP contribution in [0.1, 0.15) is 22.3 Å². The van der Waals surface area contributed by atoms with E-state index >= 15 is 0 Å². The highest BCUT2D eigenvalue weighted by Gasteiger charge is 2.46. The van der Waals surface area contributed by atoms with Crippen LogP contribution in [-0.4, -0.2) is 0 Å². The summed E-state index contributed by atoms with van der Waals surface area (Å²) in [5.41, 5.74) is 17.1. The van der Waals surface area contributed by atoms with Crippen LogP contribution in [0, 0.1) is 0 Å². The minimum absolute atomic E-state index is 0.424. The summed E-state index contributed by atoms with van der Waals surface area (Å²) in [6.45, 7) is 0. The van der Waals surface area contributed by atoms with Gasteiger partial charge in [-0.1, -0.05) is 194 Å². The molecule has 0 bridgehead atoms. The first kappa shape index (κ1) is 33.1. The van der Waals surface area contributed by atoms with Crippen LogP contribution >= 0.6 is 0 Å². The number of hydrogen-bond donors (Lipinski definition) is 0. The number of rotatable bonds is 6. The fourth-order valence-corrected chi connectivity index (χ4v) is 9.34. The van der Waals surface area contributed by atoms with E-state index in [9.17, 15) is 0 Å². The second kappa shape index (κ2) is 13.5. The predicted octanol–water partition coefficient (Wildman–Crippen LogP) is 15.0. The summed E-state index contributed by atoms with van der Waals surface area (Å²) in [4.78, 5) is 0. The van der Waals surface area contributed by atoms with Crippen molar-refractivity contribution in [2.24, 2.45) is 0 Å². The van der Waals surface area contributed by atoms with Gasteiger partial charge in [0, 0.05) is 0 Å². The van der Waals surface area contributed by atoms with Crippen molar-refractivity contribution in [2.45, 2.75) is 5.41 Å². The molecule has 0 atom stereocenters. The molecule has 1 aliphatic carbocycles. The molecule has 0 fully saturated rings. The highest BCUT2D eigenvalue weighted by Crippen LogP contribution is 2.56. The Kier molecular flexibility index (Phi) is 7.83. The van der Waals surface area contributed by atoms with Crippen molar-refractivity contribution in [1.29, 1.82) is 0 Å². The van der Waals surface area contributed by atoms with Gasteiger partial charge in [-0.05, 0) is 136 Å². The third kappa shape index (κ3) is 5.53. The van der Waals surface area contributed by atoms with Crippen LogP contribution in [-0.2, 0) is 5.41 Å². The van der Waals surface area contributed by atoms with Crippen LogP contribution in [0.25, 0.3) is 77.2 Å². The van der Waals surface area contributed by atoms with Gasteiger partial charge in [0.15, 0.2) is 0 Å². The molecule has 0 heterocycles. The van der Waals surface area contributed by atoms with E-state index < -0.39 is 5.41 Å². The Balaban J connectivity index is 1.03. The Hall–Kier alpha value is -7.28. The van der Waals surface area contributed by atoms with Crippen molar-refractivity contribution >= 4 is 21.5 Å². The van der Waals surface area contributed by atoms with Crippen LogP contribution in [0.4, 0.5) is 0 Å². The van der Waals surface area contributed by atoms with Gasteiger partial charge in [0.2, 0.25) is 0 Å². The van der Waals surface area contributed by atoms with Crippen molar-refractivity contribution in [3.05, 3.63) is 253 Å². The van der Waals surface area contributed by atoms with Crippen molar-refractivity contribution in [1.82, 2.24) is 0 Å². The molecule has 266 valence electrons. The SMILES string of the molecule is c1ccc(C2(c3ccccc3)c3ccccc3-c3ccc(-c4ccc(-c5cc(-c6ccc7ccccc7c6)cc(-c6ccc7ccccc7c6)c5)cc4)cc32)cc1. The molecule has 0 N–H and O–H groups in total. The first-order valence-corrected chi connectivity index (χ1v) is 19.8. The largest absolute Gasteiger partial charge is 0.0713 e. The van der Waals surface area contributed by atoms with E-state index in [0.29, 0.717) is 0 Å². The fourth-order valence-electron chi connectivity index (χ4n) is 9.34. The summed E-state index contributed by atoms with van der Waals surface area (Å²) in [7, 11) is 0. The molecule has 10 aromatic rings. The summed E-state index contributed by atoms with van der Waals surface area (Å²) in [6, 6.07) is 85.2. The normalized spacial score (nSPS) is 12.7. The lowest BCUT2D eigenvalue weighted by atomic mass is 9.67. The standard InChI is InChI=1S/C57H38/c1-3-17-51(18-4-1)57(52-19-5-2-6-20-52)55-22-12-11-21-53(55)54-32-31-47(38-56(54)57)41-23-25-42(26-24-41)48-35-49(45-29-27-39-13-7-9-15-43(39)33-45)37-50(36-48)46-30-28-40-14-8-10-16-44(40)34-46/h1-38H. The second-order valence-corrected chi connectivity index (χ2v) is 15.3. The molecule has 0 aromatic heterocycles. The van der Waals surface area contributed by atoms with Crippen LogP contribution in [0.15, 0.2) is 231 Å². The molecule has 11 rings (SSSR count). The molecule has 0 unspecified atom stereocenters. The highest BCUT2D eigenvalue weighted by molar-refractivity contribution is 5.93. The molecule has 0 heteroatoms. The van der Waals surface area contributed by atoms with Crippen LogP contribution in [0.3, 0.4) is 0 Å². The number of benzene rings is 10. The van der Waals surface area contributed by atoms with Crippen LogP contribution in [0.5, 0.6) is 0 Å². The summed E-state index contributed by atoms with van der Waals surface area (Å²) >= 11 is 0. The van der Waals surface area contributed by atoms with E-state index in [-0.39, 0.29) is 0 Å². The maximum Gasteiger partial charge on any atom is 0.0713 e. The zero-order valence-electron chi connectivity index (χ0n) is 31.4. The molecule has 10 aromatic carbocycles. The highest BCUT2D eigenvalue weighted by atomic mass is 14.5. The third-order valence-electron chi connectivity index (χ3n) is 12.1. The van der Waals surface area contributed by atoms with Gasteiger partial charge in [-0.2, -0.15) is 0 Å². The van der Waals surface area contributed by atoms with E-state index in [4.69, 9.17) is 0 Å². The van der Waals surface area contributed by atoms with Gasteiger partial charge in [-0.25, -0.2) is 0 Å². The third-order valence-corrected chi connectivity index (χ3v) is 12.1. The molecule has 0 aliphatic heterocycles. The lowest BCUT2D eigenvalue weighted by Crippen LogP contribution is -2.28. The fraction of sp³-hybridized carbons (Fsp3) is 0.0175. The summed E-state index contributed by atoms with van der Waals surface area (Å²) in [6.07, 6.45) is 0. The van der Waals surface area contributed by atoms with Gasteiger partial charge in [0.05, 0.1) is 5.41 Å². The first-order valence-electron chi connectivity index (χ1n) is 19.8. The molecule has 0 amide bonds. The van der Waals surface area contributed by atoms with Crippen molar-refractivity contribution in [3.8, 4) is 55.6 Å². The first-order chi connectivity index (χ1) is 28.2. The molecule has 0 spiro atoms. The van der Waals surface area contributed by atoms with E-state index in [1.165, 1.54) is 99.4 Å². The predicted molar refractivity (Wildman–Crippen MR) is 241 cm³/mol. The van der Waals surface area contributed by atoms with E-state index in [1.807, 2.05) is 0 Å². The van der Waals surface area contributed by atoms with Crippen LogP contribution in [0.2, 0.25) is 0 Å². The summed E-state index contributed by atoms with van der Waals surface area (Å²) in [5.74, 6) is 0. The zero-order chi connectivity index (χ0) is 37.8. The molecule has 1 aliphatic rings. The molecular formula is C57H38. The Morgan fingerprint density at radius 1 is 0.211 bits per heavy atom. The van der Waals surface area contributed by atoms with E-state index in [0.717, 1.165) is 0 Å². The van der Waals surface area contributed by atoms with Gasteiger partial charge in [-0.3, -0.25) is 0 Å². The monoisotopic (exact) mass is 722 g/mol.